The molecule has 0 fully saturated rings. The van der Waals surface area contributed by atoms with Crippen molar-refractivity contribution in [2.24, 2.45) is 0 Å². The van der Waals surface area contributed by atoms with Crippen molar-refractivity contribution in [3.05, 3.63) is 36.5 Å². The van der Waals surface area contributed by atoms with E-state index in [0.717, 1.165) is 51.4 Å². The first kappa shape index (κ1) is 51.5. The van der Waals surface area contributed by atoms with E-state index in [9.17, 15) is 25.2 Å². The summed E-state index contributed by atoms with van der Waals surface area (Å²) in [6.45, 7) is 4.03. The first-order valence-electron chi connectivity index (χ1n) is 22.9. The van der Waals surface area contributed by atoms with Crippen molar-refractivity contribution >= 4 is 5.91 Å². The van der Waals surface area contributed by atoms with Gasteiger partial charge in [-0.25, -0.2) is 0 Å². The second-order valence-electron chi connectivity index (χ2n) is 15.7. The smallest absolute Gasteiger partial charge is 0.249 e. The third-order valence-electron chi connectivity index (χ3n) is 10.6. The number of allylic oxidation sites excluding steroid dienone is 6. The third kappa shape index (κ3) is 36.0. The maximum absolute atomic E-state index is 12.5. The van der Waals surface area contributed by atoms with Crippen LogP contribution >= 0.6 is 0 Å². The fourth-order valence-corrected chi connectivity index (χ4v) is 6.89. The molecule has 0 aliphatic heterocycles. The molecule has 5 N–H and O–H groups in total. The van der Waals surface area contributed by atoms with Gasteiger partial charge in [-0.3, -0.25) is 4.79 Å². The maximum atomic E-state index is 12.5. The zero-order chi connectivity index (χ0) is 38.9. The summed E-state index contributed by atoms with van der Waals surface area (Å²) < 4.78 is 0. The number of unbranched alkanes of at least 4 members (excludes halogenated alkanes) is 26. The number of rotatable bonds is 41. The first-order chi connectivity index (χ1) is 26.0. The predicted octanol–water partition coefficient (Wildman–Crippen LogP) is 12.1. The van der Waals surface area contributed by atoms with E-state index in [-0.39, 0.29) is 0 Å². The van der Waals surface area contributed by atoms with E-state index >= 15 is 0 Å². The van der Waals surface area contributed by atoms with Crippen LogP contribution in [0.2, 0.25) is 0 Å². The lowest BCUT2D eigenvalue weighted by molar-refractivity contribution is -0.132. The van der Waals surface area contributed by atoms with Crippen LogP contribution in [-0.4, -0.2) is 57.3 Å². The number of amides is 1. The highest BCUT2D eigenvalue weighted by atomic mass is 16.3. The van der Waals surface area contributed by atoms with Crippen molar-refractivity contribution in [2.75, 3.05) is 6.61 Å². The van der Waals surface area contributed by atoms with Gasteiger partial charge in [0.15, 0.2) is 0 Å². The van der Waals surface area contributed by atoms with E-state index in [1.807, 2.05) is 0 Å². The van der Waals surface area contributed by atoms with Crippen LogP contribution in [0.3, 0.4) is 0 Å². The van der Waals surface area contributed by atoms with Crippen molar-refractivity contribution < 1.29 is 25.2 Å². The summed E-state index contributed by atoms with van der Waals surface area (Å²) in [5.74, 6) is -0.602. The summed E-state index contributed by atoms with van der Waals surface area (Å²) in [5.41, 5.74) is 0. The quantitative estimate of drug-likeness (QED) is 0.0316. The Hall–Kier alpha value is -1.47. The van der Waals surface area contributed by atoms with Crippen molar-refractivity contribution in [2.45, 2.75) is 250 Å². The standard InChI is InChI=1S/C47H89NO5/c1-3-5-7-9-11-13-15-17-19-21-23-25-26-28-30-32-34-36-38-40-44(50)46(52)43(42-49)48-47(53)45(51)41-39-37-35-33-31-29-27-24-22-20-18-16-14-12-10-8-6-4-2/h22,24-26,32,34,43-46,49-52H,3-21,23,27-31,33,35-42H2,1-2H3,(H,48,53)/b24-22-,26-25+,34-32+. The largest absolute Gasteiger partial charge is 0.394 e. The molecule has 6 heteroatoms. The molecule has 0 radical (unpaired) electrons. The molecule has 0 spiro atoms. The fraction of sp³-hybridized carbons (Fsp3) is 0.851. The van der Waals surface area contributed by atoms with Gasteiger partial charge < -0.3 is 25.7 Å². The minimum Gasteiger partial charge on any atom is -0.394 e. The minimum absolute atomic E-state index is 0.353. The number of carbonyl (C=O) groups is 1. The maximum Gasteiger partial charge on any atom is 0.249 e. The van der Waals surface area contributed by atoms with Gasteiger partial charge in [-0.15, -0.1) is 0 Å². The van der Waals surface area contributed by atoms with E-state index in [2.05, 4.69) is 55.6 Å². The second-order valence-corrected chi connectivity index (χ2v) is 15.7. The van der Waals surface area contributed by atoms with Crippen LogP contribution in [0.4, 0.5) is 0 Å². The monoisotopic (exact) mass is 748 g/mol. The molecule has 6 nitrogen and oxygen atoms in total. The first-order valence-corrected chi connectivity index (χ1v) is 22.9. The molecule has 1 amide bonds. The highest BCUT2D eigenvalue weighted by Crippen LogP contribution is 2.15. The lowest BCUT2D eigenvalue weighted by atomic mass is 10.00. The Morgan fingerprint density at radius 3 is 1.19 bits per heavy atom. The number of aliphatic hydroxyl groups is 4. The van der Waals surface area contributed by atoms with Gasteiger partial charge in [-0.2, -0.15) is 0 Å². The molecule has 4 atom stereocenters. The summed E-state index contributed by atoms with van der Waals surface area (Å²) in [6, 6.07) is -1.01. The van der Waals surface area contributed by atoms with Crippen LogP contribution in [0, 0.1) is 0 Å². The third-order valence-corrected chi connectivity index (χ3v) is 10.6. The Labute approximate surface area is 328 Å². The summed E-state index contributed by atoms with van der Waals surface area (Å²) >= 11 is 0. The van der Waals surface area contributed by atoms with Gasteiger partial charge in [0, 0.05) is 0 Å². The van der Waals surface area contributed by atoms with Gasteiger partial charge in [-0.1, -0.05) is 185 Å². The van der Waals surface area contributed by atoms with Gasteiger partial charge in [0.25, 0.3) is 0 Å². The minimum atomic E-state index is -1.29. The number of carbonyl (C=O) groups excluding carboxylic acids is 1. The number of nitrogens with one attached hydrogen (secondary N) is 1. The SMILES string of the molecule is CCCCCCCCCC/C=C\CCCCCCCCC(O)C(=O)NC(CO)C(O)C(O)CCC/C=C/CC/C=C/CCCCCCCCCCCC. The Balaban J connectivity index is 3.81. The Morgan fingerprint density at radius 1 is 0.453 bits per heavy atom. The van der Waals surface area contributed by atoms with Crippen LogP contribution < -0.4 is 5.32 Å². The van der Waals surface area contributed by atoms with Gasteiger partial charge >= 0.3 is 0 Å². The second kappa shape index (κ2) is 41.7. The van der Waals surface area contributed by atoms with E-state index in [1.54, 1.807) is 0 Å². The zero-order valence-electron chi connectivity index (χ0n) is 35.0. The lowest BCUT2D eigenvalue weighted by Gasteiger charge is -2.27. The topological polar surface area (TPSA) is 110 Å². The number of aliphatic hydroxyl groups excluding tert-OH is 4. The molecule has 312 valence electrons. The predicted molar refractivity (Wildman–Crippen MR) is 228 cm³/mol. The molecule has 0 aliphatic rings. The molecule has 4 unspecified atom stereocenters. The summed E-state index contributed by atoms with van der Waals surface area (Å²) in [6.07, 6.45) is 48.9. The highest BCUT2D eigenvalue weighted by molar-refractivity contribution is 5.80. The molecule has 0 aromatic heterocycles. The van der Waals surface area contributed by atoms with Gasteiger partial charge in [0.2, 0.25) is 5.91 Å². The molecule has 53 heavy (non-hydrogen) atoms. The Bertz CT molecular complexity index is 843. The zero-order valence-corrected chi connectivity index (χ0v) is 35.0. The van der Waals surface area contributed by atoms with E-state index in [0.29, 0.717) is 19.3 Å². The Kier molecular flexibility index (Phi) is 40.5. The normalized spacial score (nSPS) is 14.5. The number of hydrogen-bond acceptors (Lipinski definition) is 5. The van der Waals surface area contributed by atoms with E-state index in [1.165, 1.54) is 141 Å². The molecule has 0 rings (SSSR count). The van der Waals surface area contributed by atoms with Gasteiger partial charge in [0.05, 0.1) is 18.8 Å². The van der Waals surface area contributed by atoms with Gasteiger partial charge in [0.1, 0.15) is 12.2 Å². The average molecular weight is 748 g/mol. The molecule has 0 aromatic rings. The molecular weight excluding hydrogens is 659 g/mol. The molecule has 0 saturated carbocycles. The summed E-state index contributed by atoms with van der Waals surface area (Å²) in [4.78, 5) is 12.5. The van der Waals surface area contributed by atoms with Crippen LogP contribution in [0.25, 0.3) is 0 Å². The molecular formula is C47H89NO5. The molecule has 0 bridgehead atoms. The molecule has 0 saturated heterocycles. The summed E-state index contributed by atoms with van der Waals surface area (Å²) in [7, 11) is 0. The molecule has 0 aliphatic carbocycles. The van der Waals surface area contributed by atoms with Crippen molar-refractivity contribution in [3.63, 3.8) is 0 Å². The molecule has 0 heterocycles. The highest BCUT2D eigenvalue weighted by Gasteiger charge is 2.28. The van der Waals surface area contributed by atoms with E-state index < -0.39 is 36.9 Å². The van der Waals surface area contributed by atoms with Crippen LogP contribution in [0.15, 0.2) is 36.5 Å². The Morgan fingerprint density at radius 2 is 0.792 bits per heavy atom. The number of hydrogen-bond donors (Lipinski definition) is 5. The molecule has 0 aromatic carbocycles. The van der Waals surface area contributed by atoms with Crippen molar-refractivity contribution in [1.29, 1.82) is 0 Å². The average Bonchev–Trinajstić information content (AvgIpc) is 3.16. The van der Waals surface area contributed by atoms with Crippen LogP contribution in [0.1, 0.15) is 226 Å². The van der Waals surface area contributed by atoms with Crippen LogP contribution in [-0.2, 0) is 4.79 Å². The van der Waals surface area contributed by atoms with Gasteiger partial charge in [-0.05, 0) is 77.0 Å². The van der Waals surface area contributed by atoms with Crippen molar-refractivity contribution in [3.8, 4) is 0 Å². The van der Waals surface area contributed by atoms with Crippen LogP contribution in [0.5, 0.6) is 0 Å². The van der Waals surface area contributed by atoms with Crippen molar-refractivity contribution in [1.82, 2.24) is 5.32 Å². The summed E-state index contributed by atoms with van der Waals surface area (Å²) in [5, 5.41) is 43.7. The fourth-order valence-electron chi connectivity index (χ4n) is 6.89. The lowest BCUT2D eigenvalue weighted by Crippen LogP contribution is -2.53. The van der Waals surface area contributed by atoms with E-state index in [4.69, 9.17) is 0 Å².